The molecule has 0 saturated heterocycles. The fourth-order valence-corrected chi connectivity index (χ4v) is 4.36. The molecular formula is C23H21FN6O5S. The molecule has 0 saturated carbocycles. The molecule has 13 heteroatoms. The molecule has 1 aromatic carbocycles. The lowest BCUT2D eigenvalue weighted by Gasteiger charge is -2.11. The second-order valence-corrected chi connectivity index (χ2v) is 10.4. The molecule has 5 rings (SSSR count). The number of nitrogens with zero attached hydrogens (tertiary/aromatic N) is 6. The third-order valence-corrected chi connectivity index (χ3v) is 6.21. The molecule has 0 N–H and O–H groups in total. The SMILES string of the molecule is COc1cc2ncc3c(c2cc1-c1cnn(C)c1)n(-c1ncc(OCS(C)(=O)=O)cc1F)c(=O)n3C. The number of hydrogen-bond acceptors (Lipinski definition) is 8. The maximum atomic E-state index is 15.2. The Balaban J connectivity index is 1.77. The van der Waals surface area contributed by atoms with Crippen LogP contribution < -0.4 is 15.2 Å². The number of pyridine rings is 2. The zero-order valence-corrected chi connectivity index (χ0v) is 20.6. The van der Waals surface area contributed by atoms with E-state index in [2.05, 4.69) is 15.1 Å². The minimum atomic E-state index is -3.44. The Morgan fingerprint density at radius 3 is 2.50 bits per heavy atom. The minimum absolute atomic E-state index is 0.0786. The highest BCUT2D eigenvalue weighted by Gasteiger charge is 2.22. The van der Waals surface area contributed by atoms with Gasteiger partial charge < -0.3 is 9.47 Å². The molecule has 0 spiro atoms. The second-order valence-electron chi connectivity index (χ2n) is 8.31. The maximum Gasteiger partial charge on any atom is 0.334 e. The smallest absolute Gasteiger partial charge is 0.334 e. The molecule has 0 aliphatic rings. The summed E-state index contributed by atoms with van der Waals surface area (Å²) in [7, 11) is 1.46. The lowest BCUT2D eigenvalue weighted by Crippen LogP contribution is -2.22. The molecule has 0 aliphatic carbocycles. The van der Waals surface area contributed by atoms with Crippen LogP contribution in [0.15, 0.2) is 47.8 Å². The topological polar surface area (TPSA) is 123 Å². The van der Waals surface area contributed by atoms with E-state index >= 15 is 4.39 Å². The van der Waals surface area contributed by atoms with Crippen LogP contribution in [0.3, 0.4) is 0 Å². The standard InChI is InChI=1S/C23H21FN6O5S/c1-28-11-13(8-27-28)15-6-16-18(7-20(15)34-3)25-10-19-21(16)30(23(31)29(19)2)22-17(24)5-14(9-26-22)35-12-36(4,32)33/h5-11H,12H2,1-4H3. The van der Waals surface area contributed by atoms with E-state index in [1.807, 2.05) is 12.3 Å². The number of fused-ring (bicyclic) bond motifs is 3. The summed E-state index contributed by atoms with van der Waals surface area (Å²) in [5.41, 5.74) is 2.36. The summed E-state index contributed by atoms with van der Waals surface area (Å²) in [4.78, 5) is 21.8. The number of halogens is 1. The van der Waals surface area contributed by atoms with Crippen molar-refractivity contribution in [2.45, 2.75) is 0 Å². The zero-order chi connectivity index (χ0) is 25.8. The van der Waals surface area contributed by atoms with E-state index in [0.29, 0.717) is 33.2 Å². The van der Waals surface area contributed by atoms with Crippen LogP contribution in [0.2, 0.25) is 0 Å². The predicted molar refractivity (Wildman–Crippen MR) is 131 cm³/mol. The highest BCUT2D eigenvalue weighted by atomic mass is 32.2. The Kier molecular flexibility index (Phi) is 5.51. The monoisotopic (exact) mass is 512 g/mol. The normalized spacial score (nSPS) is 11.9. The highest BCUT2D eigenvalue weighted by Crippen LogP contribution is 2.36. The average molecular weight is 513 g/mol. The van der Waals surface area contributed by atoms with Crippen LogP contribution in [0, 0.1) is 5.82 Å². The summed E-state index contributed by atoms with van der Waals surface area (Å²) < 4.78 is 52.8. The van der Waals surface area contributed by atoms with E-state index in [1.165, 1.54) is 17.0 Å². The number of ether oxygens (including phenoxy) is 2. The Morgan fingerprint density at radius 2 is 1.86 bits per heavy atom. The van der Waals surface area contributed by atoms with Gasteiger partial charge in [0.25, 0.3) is 0 Å². The van der Waals surface area contributed by atoms with Gasteiger partial charge in [-0.25, -0.2) is 27.2 Å². The summed E-state index contributed by atoms with van der Waals surface area (Å²) >= 11 is 0. The number of imidazole rings is 1. The molecule has 36 heavy (non-hydrogen) atoms. The van der Waals surface area contributed by atoms with Gasteiger partial charge in [-0.05, 0) is 6.07 Å². The molecular weight excluding hydrogens is 491 g/mol. The highest BCUT2D eigenvalue weighted by molar-refractivity contribution is 7.90. The number of hydrogen-bond donors (Lipinski definition) is 0. The third-order valence-electron chi connectivity index (χ3n) is 5.67. The van der Waals surface area contributed by atoms with Crippen LogP contribution in [0.25, 0.3) is 38.9 Å². The van der Waals surface area contributed by atoms with Gasteiger partial charge in [-0.1, -0.05) is 0 Å². The number of aromatic nitrogens is 6. The van der Waals surface area contributed by atoms with E-state index in [1.54, 1.807) is 38.2 Å². The summed E-state index contributed by atoms with van der Waals surface area (Å²) in [6.07, 6.45) is 7.20. The molecule has 4 aromatic heterocycles. The fraction of sp³-hybridized carbons (Fsp3) is 0.217. The van der Waals surface area contributed by atoms with Gasteiger partial charge in [-0.2, -0.15) is 5.10 Å². The average Bonchev–Trinajstić information content (AvgIpc) is 3.37. The van der Waals surface area contributed by atoms with Crippen molar-refractivity contribution in [1.29, 1.82) is 0 Å². The third kappa shape index (κ3) is 3.96. The number of sulfone groups is 1. The number of aryl methyl sites for hydroxylation is 2. The van der Waals surface area contributed by atoms with Crippen molar-refractivity contribution in [3.8, 4) is 28.4 Å². The lowest BCUT2D eigenvalue weighted by atomic mass is 10.0. The molecule has 0 atom stereocenters. The molecule has 0 fully saturated rings. The van der Waals surface area contributed by atoms with Gasteiger partial charge in [0.15, 0.2) is 27.4 Å². The molecule has 186 valence electrons. The Hall–Kier alpha value is -4.26. The molecule has 5 aromatic rings. The lowest BCUT2D eigenvalue weighted by molar-refractivity contribution is 0.373. The van der Waals surface area contributed by atoms with Crippen LogP contribution in [-0.2, 0) is 23.9 Å². The van der Waals surface area contributed by atoms with Gasteiger partial charge in [0.2, 0.25) is 0 Å². The second kappa shape index (κ2) is 8.45. The van der Waals surface area contributed by atoms with Crippen LogP contribution >= 0.6 is 0 Å². The number of benzene rings is 1. The molecule has 0 radical (unpaired) electrons. The Morgan fingerprint density at radius 1 is 1.08 bits per heavy atom. The van der Waals surface area contributed by atoms with Crippen molar-refractivity contribution in [2.24, 2.45) is 14.1 Å². The minimum Gasteiger partial charge on any atom is -0.496 e. The van der Waals surface area contributed by atoms with E-state index in [0.717, 1.165) is 22.5 Å². The van der Waals surface area contributed by atoms with Gasteiger partial charge in [0.1, 0.15) is 11.5 Å². The van der Waals surface area contributed by atoms with Crippen molar-refractivity contribution >= 4 is 31.8 Å². The van der Waals surface area contributed by atoms with Gasteiger partial charge in [0, 0.05) is 55.2 Å². The number of rotatable bonds is 6. The van der Waals surface area contributed by atoms with Crippen molar-refractivity contribution in [3.05, 3.63) is 59.3 Å². The Labute approximate surface area is 204 Å². The van der Waals surface area contributed by atoms with Crippen molar-refractivity contribution in [1.82, 2.24) is 28.9 Å². The van der Waals surface area contributed by atoms with Crippen molar-refractivity contribution in [3.63, 3.8) is 0 Å². The molecule has 0 unspecified atom stereocenters. The summed E-state index contributed by atoms with van der Waals surface area (Å²) in [6, 6.07) is 4.55. The Bertz CT molecular complexity index is 1820. The predicted octanol–water partition coefficient (Wildman–Crippen LogP) is 2.20. The van der Waals surface area contributed by atoms with Crippen LogP contribution in [-0.4, -0.2) is 56.6 Å². The summed E-state index contributed by atoms with van der Waals surface area (Å²) in [6.45, 7) is 0. The zero-order valence-electron chi connectivity index (χ0n) is 19.8. The largest absolute Gasteiger partial charge is 0.496 e. The first-order valence-corrected chi connectivity index (χ1v) is 12.7. The van der Waals surface area contributed by atoms with Crippen molar-refractivity contribution < 1.29 is 22.3 Å². The molecule has 0 aliphatic heterocycles. The first-order chi connectivity index (χ1) is 17.1. The maximum absolute atomic E-state index is 15.2. The first-order valence-electron chi connectivity index (χ1n) is 10.6. The van der Waals surface area contributed by atoms with E-state index < -0.39 is 27.3 Å². The van der Waals surface area contributed by atoms with E-state index in [-0.39, 0.29) is 11.6 Å². The number of methoxy groups -OCH3 is 1. The molecule has 4 heterocycles. The van der Waals surface area contributed by atoms with Gasteiger partial charge in [-0.15, -0.1) is 0 Å². The van der Waals surface area contributed by atoms with Crippen LogP contribution in [0.1, 0.15) is 0 Å². The van der Waals surface area contributed by atoms with Gasteiger partial charge in [-0.3, -0.25) is 14.2 Å². The van der Waals surface area contributed by atoms with Crippen molar-refractivity contribution in [2.75, 3.05) is 19.3 Å². The summed E-state index contributed by atoms with van der Waals surface area (Å²) in [5.74, 6) is -1.27. The van der Waals surface area contributed by atoms with E-state index in [9.17, 15) is 13.2 Å². The summed E-state index contributed by atoms with van der Waals surface area (Å²) in [5, 5.41) is 4.79. The van der Waals surface area contributed by atoms with Gasteiger partial charge >= 0.3 is 5.69 Å². The molecule has 11 nitrogen and oxygen atoms in total. The van der Waals surface area contributed by atoms with Crippen LogP contribution in [0.4, 0.5) is 4.39 Å². The molecule has 0 amide bonds. The van der Waals surface area contributed by atoms with E-state index in [4.69, 9.17) is 9.47 Å². The molecule has 0 bridgehead atoms. The first kappa shape index (κ1) is 23.5. The van der Waals surface area contributed by atoms with Crippen LogP contribution in [0.5, 0.6) is 11.5 Å². The quantitative estimate of drug-likeness (QED) is 0.339. The van der Waals surface area contributed by atoms with Gasteiger partial charge in [0.05, 0.1) is 42.3 Å². The fourth-order valence-electron chi connectivity index (χ4n) is 4.01.